The normalized spacial score (nSPS) is 11.8. The zero-order chi connectivity index (χ0) is 13.5. The Balaban J connectivity index is 2.91. The van der Waals surface area contributed by atoms with Gasteiger partial charge in [-0.25, -0.2) is 14.8 Å². The molecule has 0 aliphatic heterocycles. The minimum atomic E-state index is -4.65. The van der Waals surface area contributed by atoms with Crippen molar-refractivity contribution in [2.45, 2.75) is 13.1 Å². The molecule has 2 rings (SSSR count). The van der Waals surface area contributed by atoms with Crippen LogP contribution < -0.4 is 0 Å². The second kappa shape index (κ2) is 3.94. The lowest BCUT2D eigenvalue weighted by Crippen LogP contribution is -2.12. The van der Waals surface area contributed by atoms with E-state index in [-0.39, 0.29) is 22.3 Å². The smallest absolute Gasteiger partial charge is 0.434 e. The molecule has 0 aliphatic carbocycles. The molecule has 0 bridgehead atoms. The van der Waals surface area contributed by atoms with Crippen LogP contribution in [0.2, 0.25) is 0 Å². The van der Waals surface area contributed by atoms with Gasteiger partial charge >= 0.3 is 12.1 Å². The minimum absolute atomic E-state index is 0.122. The molecule has 0 spiro atoms. The largest absolute Gasteiger partial charge is 0.478 e. The van der Waals surface area contributed by atoms with Crippen LogP contribution in [-0.2, 0) is 6.18 Å². The number of hydrogen-bond acceptors (Lipinski definition) is 3. The molecule has 18 heavy (non-hydrogen) atoms. The summed E-state index contributed by atoms with van der Waals surface area (Å²) in [6.07, 6.45) is -4.65. The number of halogens is 3. The summed E-state index contributed by atoms with van der Waals surface area (Å²) in [4.78, 5) is 18.1. The van der Waals surface area contributed by atoms with E-state index in [9.17, 15) is 18.0 Å². The van der Waals surface area contributed by atoms with Gasteiger partial charge in [-0.2, -0.15) is 13.2 Å². The van der Waals surface area contributed by atoms with Gasteiger partial charge in [0.05, 0.1) is 11.1 Å². The Hall–Kier alpha value is -2.18. The van der Waals surface area contributed by atoms with Crippen molar-refractivity contribution < 1.29 is 23.1 Å². The first-order valence-corrected chi connectivity index (χ1v) is 4.88. The third-order valence-corrected chi connectivity index (χ3v) is 2.34. The fraction of sp³-hybridized carbons (Fsp3) is 0.182. The molecule has 0 fully saturated rings. The number of fused-ring (bicyclic) bond motifs is 1. The number of aromatic nitrogens is 2. The van der Waals surface area contributed by atoms with Crippen molar-refractivity contribution in [1.82, 2.24) is 9.97 Å². The first-order valence-electron chi connectivity index (χ1n) is 4.88. The monoisotopic (exact) mass is 256 g/mol. The Labute approximate surface area is 99.1 Å². The lowest BCUT2D eigenvalue weighted by molar-refractivity contribution is -0.139. The molecule has 0 atom stereocenters. The lowest BCUT2D eigenvalue weighted by Gasteiger charge is -2.11. The van der Waals surface area contributed by atoms with Gasteiger partial charge in [0, 0.05) is 5.39 Å². The minimum Gasteiger partial charge on any atom is -0.478 e. The molecule has 0 radical (unpaired) electrons. The van der Waals surface area contributed by atoms with Gasteiger partial charge in [0.2, 0.25) is 0 Å². The molecular formula is C11H7F3N2O2. The molecule has 0 saturated carbocycles. The first-order chi connectivity index (χ1) is 8.30. The molecular weight excluding hydrogens is 249 g/mol. The van der Waals surface area contributed by atoms with Crippen molar-refractivity contribution in [2.75, 3.05) is 0 Å². The summed E-state index contributed by atoms with van der Waals surface area (Å²) in [5, 5.41) is 8.61. The van der Waals surface area contributed by atoms with Gasteiger partial charge < -0.3 is 5.11 Å². The second-order valence-corrected chi connectivity index (χ2v) is 3.62. The SMILES string of the molecule is Cc1nc(C(F)(F)F)c2cccc(C(=O)O)c2n1. The lowest BCUT2D eigenvalue weighted by atomic mass is 10.1. The van der Waals surface area contributed by atoms with Crippen LogP contribution in [0.3, 0.4) is 0 Å². The van der Waals surface area contributed by atoms with Crippen LogP contribution in [0.1, 0.15) is 21.9 Å². The molecule has 4 nitrogen and oxygen atoms in total. The van der Waals surface area contributed by atoms with Crippen LogP contribution in [0, 0.1) is 6.92 Å². The third-order valence-electron chi connectivity index (χ3n) is 2.34. The van der Waals surface area contributed by atoms with E-state index in [0.29, 0.717) is 0 Å². The molecule has 1 aromatic carbocycles. The number of aromatic carboxylic acids is 1. The molecule has 1 aromatic heterocycles. The van der Waals surface area contributed by atoms with Crippen LogP contribution in [0.25, 0.3) is 10.9 Å². The maximum Gasteiger partial charge on any atom is 0.434 e. The molecule has 0 saturated heterocycles. The molecule has 2 aromatic rings. The van der Waals surface area contributed by atoms with E-state index in [1.165, 1.54) is 19.1 Å². The first kappa shape index (κ1) is 12.3. The molecule has 94 valence electrons. The highest BCUT2D eigenvalue weighted by atomic mass is 19.4. The Morgan fingerprint density at radius 2 is 1.94 bits per heavy atom. The van der Waals surface area contributed by atoms with Crippen LogP contribution in [0.4, 0.5) is 13.2 Å². The van der Waals surface area contributed by atoms with Crippen LogP contribution >= 0.6 is 0 Å². The third kappa shape index (κ3) is 1.99. The number of alkyl halides is 3. The van der Waals surface area contributed by atoms with Gasteiger partial charge in [0.25, 0.3) is 0 Å². The van der Waals surface area contributed by atoms with Crippen molar-refractivity contribution in [3.8, 4) is 0 Å². The maximum absolute atomic E-state index is 12.8. The highest BCUT2D eigenvalue weighted by molar-refractivity contribution is 6.02. The average Bonchev–Trinajstić information content (AvgIpc) is 2.25. The Morgan fingerprint density at radius 3 is 2.50 bits per heavy atom. The molecule has 0 aliphatic rings. The Kier molecular flexibility index (Phi) is 2.68. The Bertz CT molecular complexity index is 638. The van der Waals surface area contributed by atoms with Gasteiger partial charge in [-0.05, 0) is 13.0 Å². The van der Waals surface area contributed by atoms with Crippen molar-refractivity contribution in [2.24, 2.45) is 0 Å². The standard InChI is InChI=1S/C11H7F3N2O2/c1-5-15-8-6(9(16-5)11(12,13)14)3-2-4-7(8)10(17)18/h2-4H,1H3,(H,17,18). The highest BCUT2D eigenvalue weighted by Crippen LogP contribution is 2.33. The van der Waals surface area contributed by atoms with Gasteiger partial charge in [-0.1, -0.05) is 12.1 Å². The number of benzene rings is 1. The fourth-order valence-corrected chi connectivity index (χ4v) is 1.65. The van der Waals surface area contributed by atoms with Crippen LogP contribution in [-0.4, -0.2) is 21.0 Å². The van der Waals surface area contributed by atoms with Gasteiger partial charge in [-0.15, -0.1) is 0 Å². The molecule has 0 unspecified atom stereocenters. The number of carbonyl (C=O) groups is 1. The van der Waals surface area contributed by atoms with E-state index in [4.69, 9.17) is 5.11 Å². The highest BCUT2D eigenvalue weighted by Gasteiger charge is 2.35. The van der Waals surface area contributed by atoms with E-state index in [0.717, 1.165) is 6.07 Å². The molecule has 1 heterocycles. The zero-order valence-electron chi connectivity index (χ0n) is 9.12. The second-order valence-electron chi connectivity index (χ2n) is 3.62. The predicted octanol–water partition coefficient (Wildman–Crippen LogP) is 2.66. The van der Waals surface area contributed by atoms with E-state index >= 15 is 0 Å². The quantitative estimate of drug-likeness (QED) is 0.851. The molecule has 0 amide bonds. The van der Waals surface area contributed by atoms with E-state index in [1.54, 1.807) is 0 Å². The number of rotatable bonds is 1. The Morgan fingerprint density at radius 1 is 1.28 bits per heavy atom. The van der Waals surface area contributed by atoms with E-state index in [2.05, 4.69) is 9.97 Å². The number of hydrogen-bond donors (Lipinski definition) is 1. The average molecular weight is 256 g/mol. The summed E-state index contributed by atoms with van der Waals surface area (Å²) in [7, 11) is 0. The van der Waals surface area contributed by atoms with E-state index in [1.807, 2.05) is 0 Å². The van der Waals surface area contributed by atoms with Crippen LogP contribution in [0.5, 0.6) is 0 Å². The fourth-order valence-electron chi connectivity index (χ4n) is 1.65. The number of carboxylic acids is 1. The number of para-hydroxylation sites is 1. The van der Waals surface area contributed by atoms with E-state index < -0.39 is 17.8 Å². The summed E-state index contributed by atoms with van der Waals surface area (Å²) in [5.74, 6) is -1.45. The number of nitrogens with zero attached hydrogens (tertiary/aromatic N) is 2. The summed E-state index contributed by atoms with van der Waals surface area (Å²) in [6, 6.07) is 3.60. The number of carboxylic acid groups (broad SMARTS) is 1. The topological polar surface area (TPSA) is 63.1 Å². The van der Waals surface area contributed by atoms with Crippen molar-refractivity contribution in [3.05, 3.63) is 35.3 Å². The van der Waals surface area contributed by atoms with Gasteiger partial charge in [0.15, 0.2) is 5.69 Å². The molecule has 1 N–H and O–H groups in total. The summed E-state index contributed by atoms with van der Waals surface area (Å²) in [5.41, 5.74) is -1.60. The van der Waals surface area contributed by atoms with Crippen LogP contribution in [0.15, 0.2) is 18.2 Å². The van der Waals surface area contributed by atoms with Crippen molar-refractivity contribution >= 4 is 16.9 Å². The summed E-state index contributed by atoms with van der Waals surface area (Å²) >= 11 is 0. The molecule has 7 heteroatoms. The summed E-state index contributed by atoms with van der Waals surface area (Å²) in [6.45, 7) is 1.29. The predicted molar refractivity (Wildman–Crippen MR) is 56.2 cm³/mol. The zero-order valence-corrected chi connectivity index (χ0v) is 9.12. The maximum atomic E-state index is 12.8. The van der Waals surface area contributed by atoms with Crippen molar-refractivity contribution in [3.63, 3.8) is 0 Å². The number of aryl methyl sites for hydroxylation is 1. The van der Waals surface area contributed by atoms with Crippen molar-refractivity contribution in [1.29, 1.82) is 0 Å². The summed E-state index contributed by atoms with van der Waals surface area (Å²) < 4.78 is 38.4. The van der Waals surface area contributed by atoms with Gasteiger partial charge in [0.1, 0.15) is 5.82 Å². The van der Waals surface area contributed by atoms with Gasteiger partial charge in [-0.3, -0.25) is 0 Å².